The lowest BCUT2D eigenvalue weighted by Crippen LogP contribution is -2.33. The topological polar surface area (TPSA) is 55.6 Å². The van der Waals surface area contributed by atoms with Crippen molar-refractivity contribution < 1.29 is 9.53 Å². The van der Waals surface area contributed by atoms with E-state index in [9.17, 15) is 4.79 Å². The molecule has 0 spiro atoms. The predicted molar refractivity (Wildman–Crippen MR) is 75.5 cm³/mol. The monoisotopic (exact) mass is 312 g/mol. The summed E-state index contributed by atoms with van der Waals surface area (Å²) >= 11 is 3.35. The Morgan fingerprint density at radius 1 is 1.56 bits per heavy atom. The Bertz CT molecular complexity index is 464. The summed E-state index contributed by atoms with van der Waals surface area (Å²) in [4.78, 5) is 13.9. The number of hydrogen-bond donors (Lipinski definition) is 1. The Hall–Kier alpha value is -1.07. The number of benzene rings is 1. The van der Waals surface area contributed by atoms with Gasteiger partial charge in [0.15, 0.2) is 0 Å². The number of ether oxygens (including phenoxy) is 1. The first-order valence-corrected chi connectivity index (χ1v) is 6.72. The van der Waals surface area contributed by atoms with Crippen molar-refractivity contribution in [2.45, 2.75) is 19.4 Å². The van der Waals surface area contributed by atoms with Crippen molar-refractivity contribution in [3.63, 3.8) is 0 Å². The minimum absolute atomic E-state index is 0.0620. The van der Waals surface area contributed by atoms with Crippen LogP contribution in [0.4, 0.5) is 11.4 Å². The molecular formula is C13H17BrN2O2. The van der Waals surface area contributed by atoms with E-state index in [2.05, 4.69) is 15.9 Å². The van der Waals surface area contributed by atoms with E-state index < -0.39 is 0 Å². The van der Waals surface area contributed by atoms with Crippen molar-refractivity contribution >= 4 is 33.2 Å². The summed E-state index contributed by atoms with van der Waals surface area (Å²) in [5.41, 5.74) is 7.26. The molecule has 0 aromatic heterocycles. The number of amides is 1. The van der Waals surface area contributed by atoms with Gasteiger partial charge in [-0.15, -0.1) is 0 Å². The van der Waals surface area contributed by atoms with Crippen LogP contribution in [0, 0.1) is 5.92 Å². The molecule has 2 rings (SSSR count). The Kier molecular flexibility index (Phi) is 3.92. The zero-order chi connectivity index (χ0) is 13.3. The summed E-state index contributed by atoms with van der Waals surface area (Å²) in [6.07, 6.45) is 0.939. The van der Waals surface area contributed by atoms with E-state index in [-0.39, 0.29) is 17.9 Å². The third kappa shape index (κ3) is 2.67. The molecule has 2 unspecified atom stereocenters. The molecule has 1 amide bonds. The first-order chi connectivity index (χ1) is 8.49. The Morgan fingerprint density at radius 2 is 2.28 bits per heavy atom. The molecule has 1 fully saturated rings. The van der Waals surface area contributed by atoms with Crippen LogP contribution in [-0.4, -0.2) is 25.7 Å². The molecule has 1 heterocycles. The second-order valence-electron chi connectivity index (χ2n) is 4.68. The Balaban J connectivity index is 2.15. The van der Waals surface area contributed by atoms with E-state index in [1.165, 1.54) is 0 Å². The summed E-state index contributed by atoms with van der Waals surface area (Å²) in [5, 5.41) is 0. The molecule has 0 saturated carbocycles. The third-order valence-electron chi connectivity index (χ3n) is 3.23. The summed E-state index contributed by atoms with van der Waals surface area (Å²) in [6, 6.07) is 5.52. The van der Waals surface area contributed by atoms with Crippen LogP contribution in [0.5, 0.6) is 0 Å². The average molecular weight is 313 g/mol. The van der Waals surface area contributed by atoms with E-state index in [0.717, 1.165) is 16.6 Å². The van der Waals surface area contributed by atoms with Crippen molar-refractivity contribution in [2.75, 3.05) is 24.3 Å². The molecule has 1 aromatic rings. The van der Waals surface area contributed by atoms with Gasteiger partial charge in [0, 0.05) is 11.5 Å². The highest BCUT2D eigenvalue weighted by molar-refractivity contribution is 9.10. The van der Waals surface area contributed by atoms with Gasteiger partial charge in [0.05, 0.1) is 30.0 Å². The zero-order valence-corrected chi connectivity index (χ0v) is 12.1. The van der Waals surface area contributed by atoms with Crippen molar-refractivity contribution in [2.24, 2.45) is 5.92 Å². The fourth-order valence-corrected chi connectivity index (χ4v) is 2.59. The van der Waals surface area contributed by atoms with Gasteiger partial charge in [-0.05, 0) is 31.5 Å². The number of hydrogen-bond acceptors (Lipinski definition) is 3. The molecular weight excluding hydrogens is 296 g/mol. The Labute approximate surface area is 115 Å². The first-order valence-electron chi connectivity index (χ1n) is 5.93. The zero-order valence-electron chi connectivity index (χ0n) is 10.5. The molecule has 5 heteroatoms. The summed E-state index contributed by atoms with van der Waals surface area (Å²) in [6.45, 7) is 2.49. The molecule has 18 heavy (non-hydrogen) atoms. The maximum absolute atomic E-state index is 12.3. The van der Waals surface area contributed by atoms with Crippen LogP contribution in [0.2, 0.25) is 0 Å². The molecule has 0 bridgehead atoms. The maximum atomic E-state index is 12.3. The number of carbonyl (C=O) groups excluding carboxylic acids is 1. The second-order valence-corrected chi connectivity index (χ2v) is 5.59. The van der Waals surface area contributed by atoms with Gasteiger partial charge in [-0.25, -0.2) is 0 Å². The smallest absolute Gasteiger partial charge is 0.232 e. The molecule has 2 N–H and O–H groups in total. The predicted octanol–water partition coefficient (Wildman–Crippen LogP) is 2.42. The van der Waals surface area contributed by atoms with Crippen LogP contribution < -0.4 is 10.6 Å². The molecule has 0 aliphatic carbocycles. The lowest BCUT2D eigenvalue weighted by Gasteiger charge is -2.22. The van der Waals surface area contributed by atoms with Crippen LogP contribution in [0.25, 0.3) is 0 Å². The summed E-state index contributed by atoms with van der Waals surface area (Å²) in [5.74, 6) is 0.00131. The van der Waals surface area contributed by atoms with Gasteiger partial charge in [0.2, 0.25) is 5.91 Å². The van der Waals surface area contributed by atoms with Crippen LogP contribution in [-0.2, 0) is 9.53 Å². The van der Waals surface area contributed by atoms with Crippen molar-refractivity contribution in [1.29, 1.82) is 0 Å². The highest BCUT2D eigenvalue weighted by atomic mass is 79.9. The molecule has 98 valence electrons. The van der Waals surface area contributed by atoms with Crippen molar-refractivity contribution in [3.05, 3.63) is 22.7 Å². The van der Waals surface area contributed by atoms with E-state index in [4.69, 9.17) is 10.5 Å². The van der Waals surface area contributed by atoms with Gasteiger partial charge in [0.25, 0.3) is 0 Å². The quantitative estimate of drug-likeness (QED) is 0.853. The number of nitrogen functional groups attached to an aromatic ring is 1. The highest BCUT2D eigenvalue weighted by Gasteiger charge is 2.31. The van der Waals surface area contributed by atoms with Gasteiger partial charge < -0.3 is 15.4 Å². The molecule has 2 atom stereocenters. The van der Waals surface area contributed by atoms with Crippen LogP contribution >= 0.6 is 15.9 Å². The molecule has 1 aliphatic rings. The van der Waals surface area contributed by atoms with E-state index in [1.54, 1.807) is 18.0 Å². The van der Waals surface area contributed by atoms with Gasteiger partial charge in [0.1, 0.15) is 0 Å². The first kappa shape index (κ1) is 13.4. The lowest BCUT2D eigenvalue weighted by atomic mass is 10.0. The summed E-state index contributed by atoms with van der Waals surface area (Å²) < 4.78 is 6.34. The molecule has 1 saturated heterocycles. The SMILES string of the molecule is CC1CC(C(=O)N(C)c2ccc(Br)cc2N)CO1. The van der Waals surface area contributed by atoms with E-state index >= 15 is 0 Å². The molecule has 1 aliphatic heterocycles. The lowest BCUT2D eigenvalue weighted by molar-refractivity contribution is -0.122. The molecule has 0 radical (unpaired) electrons. The summed E-state index contributed by atoms with van der Waals surface area (Å²) in [7, 11) is 1.75. The van der Waals surface area contributed by atoms with Gasteiger partial charge in [-0.2, -0.15) is 0 Å². The standard InChI is InChI=1S/C13H17BrN2O2/c1-8-5-9(7-18-8)13(17)16(2)12-4-3-10(14)6-11(12)15/h3-4,6,8-9H,5,7,15H2,1-2H3. The largest absolute Gasteiger partial charge is 0.397 e. The highest BCUT2D eigenvalue weighted by Crippen LogP contribution is 2.29. The number of halogens is 1. The van der Waals surface area contributed by atoms with Crippen LogP contribution in [0.3, 0.4) is 0 Å². The van der Waals surface area contributed by atoms with Crippen molar-refractivity contribution in [3.8, 4) is 0 Å². The normalized spacial score (nSPS) is 23.1. The van der Waals surface area contributed by atoms with E-state index in [1.807, 2.05) is 19.1 Å². The van der Waals surface area contributed by atoms with Crippen molar-refractivity contribution in [1.82, 2.24) is 0 Å². The number of nitrogens with two attached hydrogens (primary N) is 1. The number of carbonyl (C=O) groups is 1. The fourth-order valence-electron chi connectivity index (χ4n) is 2.21. The van der Waals surface area contributed by atoms with Crippen LogP contribution in [0.15, 0.2) is 22.7 Å². The van der Waals surface area contributed by atoms with E-state index in [0.29, 0.717) is 12.3 Å². The van der Waals surface area contributed by atoms with Gasteiger partial charge in [-0.1, -0.05) is 15.9 Å². The number of anilines is 2. The fraction of sp³-hybridized carbons (Fsp3) is 0.462. The molecule has 4 nitrogen and oxygen atoms in total. The van der Waals surface area contributed by atoms with Gasteiger partial charge >= 0.3 is 0 Å². The number of nitrogens with zero attached hydrogens (tertiary/aromatic N) is 1. The Morgan fingerprint density at radius 3 is 2.83 bits per heavy atom. The van der Waals surface area contributed by atoms with Crippen LogP contribution in [0.1, 0.15) is 13.3 Å². The molecule has 1 aromatic carbocycles. The minimum Gasteiger partial charge on any atom is -0.397 e. The minimum atomic E-state index is -0.0620. The van der Waals surface area contributed by atoms with Gasteiger partial charge in [-0.3, -0.25) is 4.79 Å². The average Bonchev–Trinajstić information content (AvgIpc) is 2.74. The second kappa shape index (κ2) is 5.28. The third-order valence-corrected chi connectivity index (χ3v) is 3.72. The maximum Gasteiger partial charge on any atom is 0.232 e. The number of rotatable bonds is 2.